The number of rotatable bonds is 7. The van der Waals surface area contributed by atoms with Gasteiger partial charge in [-0.25, -0.2) is 13.4 Å². The summed E-state index contributed by atoms with van der Waals surface area (Å²) in [5.41, 5.74) is 3.33. The molecule has 0 bridgehead atoms. The summed E-state index contributed by atoms with van der Waals surface area (Å²) in [6.07, 6.45) is 2.56. The number of hydrogen-bond acceptors (Lipinski definition) is 6. The summed E-state index contributed by atoms with van der Waals surface area (Å²) >= 11 is 7.62. The van der Waals surface area contributed by atoms with E-state index in [1.807, 2.05) is 0 Å². The zero-order chi connectivity index (χ0) is 21.1. The Labute approximate surface area is 186 Å². The quantitative estimate of drug-likeness (QED) is 0.537. The fourth-order valence-electron chi connectivity index (χ4n) is 3.61. The summed E-state index contributed by atoms with van der Waals surface area (Å²) in [7, 11) is -3.72. The zero-order valence-electron chi connectivity index (χ0n) is 16.5. The molecule has 4 rings (SSSR count). The van der Waals surface area contributed by atoms with Crippen molar-refractivity contribution in [1.82, 2.24) is 9.88 Å². The largest absolute Gasteiger partial charge is 0.380 e. The number of hydrogen-bond donors (Lipinski definition) is 2. The van der Waals surface area contributed by atoms with E-state index >= 15 is 0 Å². The average molecular weight is 463 g/mol. The summed E-state index contributed by atoms with van der Waals surface area (Å²) in [4.78, 5) is 6.48. The van der Waals surface area contributed by atoms with Crippen molar-refractivity contribution in [3.63, 3.8) is 0 Å². The molecule has 3 aromatic rings. The first-order valence-corrected chi connectivity index (χ1v) is 12.4. The fourth-order valence-corrected chi connectivity index (χ4v) is 5.72. The summed E-state index contributed by atoms with van der Waals surface area (Å²) in [6.45, 7) is 4.95. The highest BCUT2D eigenvalue weighted by molar-refractivity contribution is 7.93. The van der Waals surface area contributed by atoms with Crippen molar-refractivity contribution in [1.29, 1.82) is 0 Å². The van der Waals surface area contributed by atoms with Gasteiger partial charge in [0.2, 0.25) is 0 Å². The van der Waals surface area contributed by atoms with Gasteiger partial charge in [-0.3, -0.25) is 9.62 Å². The van der Waals surface area contributed by atoms with Gasteiger partial charge in [0.15, 0.2) is 5.13 Å². The normalized spacial score (nSPS) is 17.2. The Morgan fingerprint density at radius 3 is 2.87 bits per heavy atom. The van der Waals surface area contributed by atoms with E-state index in [0.29, 0.717) is 10.2 Å². The maximum absolute atomic E-state index is 12.5. The van der Waals surface area contributed by atoms with Crippen LogP contribution in [0.5, 0.6) is 0 Å². The minimum Gasteiger partial charge on any atom is -0.380 e. The molecule has 1 aromatic heterocycles. The van der Waals surface area contributed by atoms with Gasteiger partial charge in [-0.15, -0.1) is 11.3 Å². The van der Waals surface area contributed by atoms with Gasteiger partial charge in [0.25, 0.3) is 10.0 Å². The van der Waals surface area contributed by atoms with Gasteiger partial charge in [-0.1, -0.05) is 41.4 Å². The lowest BCUT2D eigenvalue weighted by molar-refractivity contribution is 0.328. The number of benzene rings is 2. The molecule has 0 spiro atoms. The van der Waals surface area contributed by atoms with Crippen molar-refractivity contribution in [2.75, 3.05) is 23.1 Å². The lowest BCUT2D eigenvalue weighted by Crippen LogP contribution is -2.26. The fraction of sp³-hybridized carbons (Fsp3) is 0.286. The highest BCUT2D eigenvalue weighted by Crippen LogP contribution is 2.28. The molecule has 1 aliphatic heterocycles. The molecule has 1 fully saturated rings. The van der Waals surface area contributed by atoms with E-state index in [9.17, 15) is 8.42 Å². The predicted molar refractivity (Wildman–Crippen MR) is 123 cm³/mol. The van der Waals surface area contributed by atoms with Crippen molar-refractivity contribution in [2.24, 2.45) is 0 Å². The molecular weight excluding hydrogens is 440 g/mol. The topological polar surface area (TPSA) is 74.3 Å². The lowest BCUT2D eigenvalue weighted by atomic mass is 10.1. The van der Waals surface area contributed by atoms with Crippen LogP contribution in [0.4, 0.5) is 10.8 Å². The second-order valence-electron chi connectivity index (χ2n) is 7.44. The summed E-state index contributed by atoms with van der Waals surface area (Å²) in [6, 6.07) is 13.6. The Bertz CT molecular complexity index is 1120. The van der Waals surface area contributed by atoms with Crippen molar-refractivity contribution in [3.05, 3.63) is 70.2 Å². The smallest absolute Gasteiger partial charge is 0.263 e. The number of aryl methyl sites for hydroxylation is 1. The Kier molecular flexibility index (Phi) is 6.29. The molecule has 2 heterocycles. The molecule has 1 atom stereocenters. The summed E-state index contributed by atoms with van der Waals surface area (Å²) in [5, 5.41) is 5.88. The summed E-state index contributed by atoms with van der Waals surface area (Å²) in [5.74, 6) is 0. The van der Waals surface area contributed by atoms with Gasteiger partial charge in [0.05, 0.1) is 15.6 Å². The number of sulfonamides is 1. The number of halogens is 1. The van der Waals surface area contributed by atoms with Gasteiger partial charge in [0.1, 0.15) is 0 Å². The van der Waals surface area contributed by atoms with Crippen LogP contribution in [0, 0.1) is 6.92 Å². The first kappa shape index (κ1) is 21.1. The third-order valence-corrected chi connectivity index (χ3v) is 7.49. The minimum absolute atomic E-state index is 0.112. The zero-order valence-corrected chi connectivity index (χ0v) is 18.9. The standard InChI is InChI=1S/C21H23ClN4O2S2/c1-15-3-2-4-16(11-15)13-26-9-7-17(14-26)24-20-6-5-18(12-19(20)22)30(27,28)25-21-23-8-10-29-21/h2-6,8,10-12,17,24H,7,9,13-14H2,1H3,(H,23,25)/t17-/m1/s1. The molecular formula is C21H23ClN4O2S2. The van der Waals surface area contributed by atoms with Gasteiger partial charge in [0, 0.05) is 37.3 Å². The van der Waals surface area contributed by atoms with Crippen LogP contribution in [0.2, 0.25) is 5.02 Å². The number of nitrogens with one attached hydrogen (secondary N) is 2. The van der Waals surface area contributed by atoms with E-state index in [2.05, 4.69) is 51.1 Å². The second-order valence-corrected chi connectivity index (χ2v) is 10.4. The second kappa shape index (κ2) is 8.93. The maximum atomic E-state index is 12.5. The van der Waals surface area contributed by atoms with E-state index in [0.717, 1.165) is 31.7 Å². The number of nitrogens with zero attached hydrogens (tertiary/aromatic N) is 2. The molecule has 0 aliphatic carbocycles. The number of anilines is 2. The Hall–Kier alpha value is -2.13. The van der Waals surface area contributed by atoms with Gasteiger partial charge >= 0.3 is 0 Å². The van der Waals surface area contributed by atoms with Crippen LogP contribution in [0.15, 0.2) is 58.9 Å². The molecule has 158 valence electrons. The van der Waals surface area contributed by atoms with Crippen LogP contribution in [-0.2, 0) is 16.6 Å². The van der Waals surface area contributed by atoms with Crippen LogP contribution >= 0.6 is 22.9 Å². The molecule has 30 heavy (non-hydrogen) atoms. The van der Waals surface area contributed by atoms with E-state index in [1.165, 1.54) is 28.5 Å². The van der Waals surface area contributed by atoms with E-state index in [-0.39, 0.29) is 10.9 Å². The molecule has 1 saturated heterocycles. The molecule has 2 aromatic carbocycles. The van der Waals surface area contributed by atoms with Crippen LogP contribution in [0.3, 0.4) is 0 Å². The number of aromatic nitrogens is 1. The molecule has 0 amide bonds. The molecule has 6 nitrogen and oxygen atoms in total. The predicted octanol–water partition coefficient (Wildman–Crippen LogP) is 4.59. The Balaban J connectivity index is 1.38. The van der Waals surface area contributed by atoms with Crippen molar-refractivity contribution < 1.29 is 8.42 Å². The maximum Gasteiger partial charge on any atom is 0.263 e. The molecule has 2 N–H and O–H groups in total. The molecule has 1 aliphatic rings. The average Bonchev–Trinajstić information content (AvgIpc) is 3.35. The van der Waals surface area contributed by atoms with Crippen LogP contribution < -0.4 is 10.0 Å². The third kappa shape index (κ3) is 5.13. The van der Waals surface area contributed by atoms with Crippen LogP contribution in [0.25, 0.3) is 0 Å². The number of likely N-dealkylation sites (tertiary alicyclic amines) is 1. The lowest BCUT2D eigenvalue weighted by Gasteiger charge is -2.18. The molecule has 0 radical (unpaired) electrons. The van der Waals surface area contributed by atoms with Crippen LogP contribution in [-0.4, -0.2) is 37.4 Å². The third-order valence-electron chi connectivity index (χ3n) is 5.03. The molecule has 0 saturated carbocycles. The summed E-state index contributed by atoms with van der Waals surface area (Å²) < 4.78 is 27.5. The van der Waals surface area contributed by atoms with Crippen LogP contribution in [0.1, 0.15) is 17.5 Å². The van der Waals surface area contributed by atoms with E-state index < -0.39 is 10.0 Å². The van der Waals surface area contributed by atoms with Crippen molar-refractivity contribution >= 4 is 43.8 Å². The first-order chi connectivity index (χ1) is 14.4. The van der Waals surface area contributed by atoms with Gasteiger partial charge in [-0.05, 0) is 37.1 Å². The Morgan fingerprint density at radius 1 is 1.27 bits per heavy atom. The van der Waals surface area contributed by atoms with E-state index in [4.69, 9.17) is 11.6 Å². The highest BCUT2D eigenvalue weighted by atomic mass is 35.5. The van der Waals surface area contributed by atoms with Crippen molar-refractivity contribution in [2.45, 2.75) is 30.8 Å². The van der Waals surface area contributed by atoms with E-state index in [1.54, 1.807) is 23.7 Å². The first-order valence-electron chi connectivity index (χ1n) is 9.65. The van der Waals surface area contributed by atoms with Gasteiger partial charge < -0.3 is 5.32 Å². The minimum atomic E-state index is -3.72. The van der Waals surface area contributed by atoms with Gasteiger partial charge in [-0.2, -0.15) is 0 Å². The van der Waals surface area contributed by atoms with Crippen molar-refractivity contribution in [3.8, 4) is 0 Å². The molecule has 0 unspecified atom stereocenters. The molecule has 9 heteroatoms. The highest BCUT2D eigenvalue weighted by Gasteiger charge is 2.24. The monoisotopic (exact) mass is 462 g/mol. The SMILES string of the molecule is Cc1cccc(CN2CC[C@@H](Nc3ccc(S(=O)(=O)Nc4nccs4)cc3Cl)C2)c1. The Morgan fingerprint density at radius 2 is 2.13 bits per heavy atom. The number of thiazole rings is 1.